The maximum atomic E-state index is 13.5. The Labute approximate surface area is 194 Å². The fourth-order valence-corrected chi connectivity index (χ4v) is 2.47. The molecule has 6 unspecified atom stereocenters. The molecule has 3 nitrogen and oxygen atoms in total. The Morgan fingerprint density at radius 1 is 0.514 bits per heavy atom. The van der Waals surface area contributed by atoms with E-state index in [2.05, 4.69) is 0 Å². The molecule has 0 aliphatic carbocycles. The molecule has 0 spiro atoms. The van der Waals surface area contributed by atoms with Gasteiger partial charge in [0.15, 0.2) is 24.7 Å². The maximum Gasteiger partial charge on any atom is 1.00 e. The van der Waals surface area contributed by atoms with Gasteiger partial charge in [0.1, 0.15) is 10.1 Å². The standard InChI is InChI=1S/C12H8F18O3S.Li/c13-1(2(14)4(16)6(18)19)3(15)5(17)8(21,22)10(25,26)12(29,30)11(27,28)9(23,24)7(20)34(31,32)33;/h1-7H,(H,31,32,33);/q;+1/p-1. The monoisotopic (exact) mass is 580 g/mol. The van der Waals surface area contributed by atoms with Crippen LogP contribution in [-0.4, -0.2) is 85.4 Å². The van der Waals surface area contributed by atoms with E-state index < -0.39 is 82.5 Å². The average molecular weight is 580 g/mol. The van der Waals surface area contributed by atoms with Gasteiger partial charge in [0, 0.05) is 0 Å². The van der Waals surface area contributed by atoms with Gasteiger partial charge in [0.25, 0.3) is 11.9 Å². The van der Waals surface area contributed by atoms with Crippen molar-refractivity contribution in [1.29, 1.82) is 0 Å². The summed E-state index contributed by atoms with van der Waals surface area (Å²) in [6.45, 7) is 0. The second kappa shape index (κ2) is 10.9. The zero-order valence-corrected chi connectivity index (χ0v) is 16.8. The maximum absolute atomic E-state index is 13.5. The summed E-state index contributed by atoms with van der Waals surface area (Å²) >= 11 is 0. The second-order valence-electron chi connectivity index (χ2n) is 6.29. The van der Waals surface area contributed by atoms with Crippen LogP contribution in [0.15, 0.2) is 0 Å². The van der Waals surface area contributed by atoms with Crippen LogP contribution in [0, 0.1) is 0 Å². The molecule has 0 heterocycles. The fraction of sp³-hybridized carbons (Fsp3) is 1.00. The summed E-state index contributed by atoms with van der Waals surface area (Å²) in [5, 5.41) is 0. The van der Waals surface area contributed by atoms with Crippen LogP contribution in [0.1, 0.15) is 0 Å². The smallest absolute Gasteiger partial charge is 0.746 e. The van der Waals surface area contributed by atoms with Gasteiger partial charge in [0.2, 0.25) is 6.17 Å². The van der Waals surface area contributed by atoms with Gasteiger partial charge in [-0.25, -0.2) is 43.5 Å². The summed E-state index contributed by atoms with van der Waals surface area (Å²) in [5.74, 6) is -40.7. The number of rotatable bonds is 12. The normalized spacial score (nSPS) is 20.0. The van der Waals surface area contributed by atoms with Crippen LogP contribution in [0.2, 0.25) is 0 Å². The van der Waals surface area contributed by atoms with Gasteiger partial charge >= 0.3 is 48.5 Å². The van der Waals surface area contributed by atoms with Crippen LogP contribution in [0.4, 0.5) is 79.0 Å². The Hall–Kier alpha value is -0.753. The molecule has 0 aromatic heterocycles. The van der Waals surface area contributed by atoms with Crippen LogP contribution in [-0.2, 0) is 10.1 Å². The first-order valence-corrected chi connectivity index (χ1v) is 9.09. The predicted molar refractivity (Wildman–Crippen MR) is 69.8 cm³/mol. The molecule has 0 aromatic carbocycles. The van der Waals surface area contributed by atoms with Gasteiger partial charge in [-0.3, -0.25) is 0 Å². The van der Waals surface area contributed by atoms with E-state index in [0.717, 1.165) is 0 Å². The minimum atomic E-state index is -8.49. The Balaban J connectivity index is 0. The van der Waals surface area contributed by atoms with Crippen molar-refractivity contribution >= 4 is 10.1 Å². The van der Waals surface area contributed by atoms with Gasteiger partial charge in [0.05, 0.1) is 0 Å². The van der Waals surface area contributed by atoms with Gasteiger partial charge in [-0.2, -0.15) is 43.9 Å². The Kier molecular flexibility index (Phi) is 11.4. The molecule has 35 heavy (non-hydrogen) atoms. The van der Waals surface area contributed by atoms with E-state index in [1.807, 2.05) is 0 Å². The van der Waals surface area contributed by atoms with Crippen LogP contribution in [0.25, 0.3) is 0 Å². The first-order valence-electron chi connectivity index (χ1n) is 7.62. The Morgan fingerprint density at radius 3 is 1.14 bits per heavy atom. The molecular weight excluding hydrogens is 573 g/mol. The van der Waals surface area contributed by atoms with Crippen molar-refractivity contribution in [3.8, 4) is 0 Å². The zero-order valence-electron chi connectivity index (χ0n) is 16.0. The van der Waals surface area contributed by atoms with E-state index in [9.17, 15) is 92.0 Å². The Bertz CT molecular complexity index is 807. The summed E-state index contributed by atoms with van der Waals surface area (Å²) < 4.78 is 265. The first kappa shape index (κ1) is 36.4. The fourth-order valence-electron chi connectivity index (χ4n) is 1.96. The number of hydrogen-bond donors (Lipinski definition) is 0. The second-order valence-corrected chi connectivity index (χ2v) is 7.69. The third-order valence-electron chi connectivity index (χ3n) is 3.94. The molecule has 0 aliphatic rings. The Morgan fingerprint density at radius 2 is 0.829 bits per heavy atom. The zero-order chi connectivity index (χ0) is 28.0. The van der Waals surface area contributed by atoms with Crippen LogP contribution >= 0.6 is 0 Å². The molecular formula is C12H7F18LiO3S. The quantitative estimate of drug-likeness (QED) is 0.202. The van der Waals surface area contributed by atoms with Gasteiger partial charge in [-0.05, 0) is 0 Å². The molecule has 0 amide bonds. The molecule has 6 atom stereocenters. The summed E-state index contributed by atoms with van der Waals surface area (Å²) in [5.41, 5.74) is -6.00. The average Bonchev–Trinajstić information content (AvgIpc) is 2.68. The molecule has 0 fully saturated rings. The van der Waals surface area contributed by atoms with Gasteiger partial charge in [-0.1, -0.05) is 0 Å². The summed E-state index contributed by atoms with van der Waals surface area (Å²) in [4.78, 5) is 0. The molecule has 0 aromatic rings. The van der Waals surface area contributed by atoms with Crippen molar-refractivity contribution in [1.82, 2.24) is 0 Å². The molecule has 0 bridgehead atoms. The van der Waals surface area contributed by atoms with E-state index in [1.54, 1.807) is 0 Å². The van der Waals surface area contributed by atoms with E-state index >= 15 is 0 Å². The molecule has 0 saturated heterocycles. The minimum absolute atomic E-state index is 0. The minimum Gasteiger partial charge on any atom is -0.746 e. The third kappa shape index (κ3) is 6.05. The van der Waals surface area contributed by atoms with Crippen LogP contribution in [0.5, 0.6) is 0 Å². The number of halogens is 18. The van der Waals surface area contributed by atoms with Crippen molar-refractivity contribution in [2.45, 2.75) is 72.4 Å². The summed E-state index contributed by atoms with van der Waals surface area (Å²) in [7, 11) is -7.39. The number of hydrogen-bond acceptors (Lipinski definition) is 3. The first-order chi connectivity index (χ1) is 14.7. The molecule has 206 valence electrons. The van der Waals surface area contributed by atoms with E-state index in [-0.39, 0.29) is 18.9 Å². The topological polar surface area (TPSA) is 57.2 Å². The third-order valence-corrected chi connectivity index (χ3v) is 4.75. The number of alkyl halides is 18. The van der Waals surface area contributed by atoms with Crippen LogP contribution < -0.4 is 18.9 Å². The van der Waals surface area contributed by atoms with Crippen molar-refractivity contribution in [3.05, 3.63) is 0 Å². The van der Waals surface area contributed by atoms with Gasteiger partial charge < -0.3 is 4.55 Å². The van der Waals surface area contributed by atoms with Crippen molar-refractivity contribution < 1.29 is 111 Å². The molecule has 23 heteroatoms. The van der Waals surface area contributed by atoms with Gasteiger partial charge in [-0.15, -0.1) is 0 Å². The van der Waals surface area contributed by atoms with Crippen molar-refractivity contribution in [3.63, 3.8) is 0 Å². The molecule has 0 saturated carbocycles. The van der Waals surface area contributed by atoms with E-state index in [4.69, 9.17) is 0 Å². The predicted octanol–water partition coefficient (Wildman–Crippen LogP) is 1.96. The van der Waals surface area contributed by atoms with Crippen molar-refractivity contribution in [2.75, 3.05) is 0 Å². The molecule has 0 aliphatic heterocycles. The SMILES string of the molecule is O=S(=O)([O-])C(F)C(F)(F)C(F)(F)C(F)(F)C(F)(F)C(F)(F)C(F)C(F)C(F)C(F)C(F)C(F)F.[Li+]. The molecule has 0 radical (unpaired) electrons. The largest absolute Gasteiger partial charge is 1.00 e. The van der Waals surface area contributed by atoms with Crippen LogP contribution in [0.3, 0.4) is 0 Å². The van der Waals surface area contributed by atoms with Crippen molar-refractivity contribution in [2.24, 2.45) is 0 Å². The van der Waals surface area contributed by atoms with E-state index in [1.165, 1.54) is 0 Å². The molecule has 0 rings (SSSR count). The summed E-state index contributed by atoms with van der Waals surface area (Å²) in [6, 6.07) is 0. The summed E-state index contributed by atoms with van der Waals surface area (Å²) in [6.07, 6.45) is -29.9. The van der Waals surface area contributed by atoms with E-state index in [0.29, 0.717) is 0 Å². The molecule has 0 N–H and O–H groups in total.